The van der Waals surface area contributed by atoms with Gasteiger partial charge in [0, 0.05) is 24.4 Å². The number of aryl methyl sites for hydroxylation is 1. The van der Waals surface area contributed by atoms with Gasteiger partial charge in [0.25, 0.3) is 0 Å². The summed E-state index contributed by atoms with van der Waals surface area (Å²) in [6, 6.07) is 1.75. The fourth-order valence-corrected chi connectivity index (χ4v) is 3.70. The second-order valence-corrected chi connectivity index (χ2v) is 7.33. The minimum atomic E-state index is -0.960. The Balaban J connectivity index is 1.83. The molecule has 29 heavy (non-hydrogen) atoms. The van der Waals surface area contributed by atoms with Crippen molar-refractivity contribution in [3.8, 4) is 17.7 Å². The number of aromatic nitrogens is 4. The van der Waals surface area contributed by atoms with E-state index in [1.807, 2.05) is 0 Å². The molecular weight excluding hydrogens is 373 g/mol. The summed E-state index contributed by atoms with van der Waals surface area (Å²) in [5.74, 6) is 5.31. The van der Waals surface area contributed by atoms with Gasteiger partial charge in [-0.2, -0.15) is 4.98 Å². The van der Waals surface area contributed by atoms with E-state index in [1.54, 1.807) is 23.0 Å². The van der Waals surface area contributed by atoms with Gasteiger partial charge in [-0.1, -0.05) is 5.92 Å². The van der Waals surface area contributed by atoms with Gasteiger partial charge in [0.2, 0.25) is 5.95 Å². The van der Waals surface area contributed by atoms with Crippen molar-refractivity contribution in [2.24, 2.45) is 0 Å². The lowest BCUT2D eigenvalue weighted by Gasteiger charge is -2.12. The number of fused-ring (bicyclic) bond motifs is 1. The zero-order chi connectivity index (χ0) is 20.4. The van der Waals surface area contributed by atoms with Crippen molar-refractivity contribution in [3.05, 3.63) is 41.7 Å². The van der Waals surface area contributed by atoms with Crippen LogP contribution >= 0.6 is 0 Å². The molecule has 0 aromatic carbocycles. The van der Waals surface area contributed by atoms with Crippen molar-refractivity contribution in [2.75, 3.05) is 12.3 Å². The van der Waals surface area contributed by atoms with Crippen LogP contribution in [0.3, 0.4) is 0 Å². The van der Waals surface area contributed by atoms with Gasteiger partial charge in [0.1, 0.15) is 11.3 Å². The number of hydrogen-bond donors (Lipinski definition) is 3. The van der Waals surface area contributed by atoms with E-state index in [4.69, 9.17) is 5.73 Å². The van der Waals surface area contributed by atoms with Gasteiger partial charge in [-0.3, -0.25) is 4.57 Å². The molecule has 3 aromatic heterocycles. The van der Waals surface area contributed by atoms with Crippen LogP contribution in [0.15, 0.2) is 24.7 Å². The van der Waals surface area contributed by atoms with E-state index in [1.165, 1.54) is 0 Å². The van der Waals surface area contributed by atoms with Crippen LogP contribution in [0.2, 0.25) is 0 Å². The molecule has 1 fully saturated rings. The first-order valence-electron chi connectivity index (χ1n) is 9.64. The summed E-state index contributed by atoms with van der Waals surface area (Å²) in [5, 5.41) is 20.5. The molecule has 150 valence electrons. The standard InChI is InChI=1S/C21H22FN5O2/c22-17-12-25-20(23)26-19(17)27-13-14(4-3-9-28)16-11-24-15(10-18(16)27)5-8-21(29)6-1-2-7-21/h10-13,28-29H,1-4,6-7,9H2,(H2,23,25,26). The summed E-state index contributed by atoms with van der Waals surface area (Å²) in [4.78, 5) is 12.1. The van der Waals surface area contributed by atoms with Crippen LogP contribution in [0, 0.1) is 17.7 Å². The van der Waals surface area contributed by atoms with Crippen molar-refractivity contribution in [1.82, 2.24) is 19.5 Å². The average Bonchev–Trinajstić information content (AvgIpc) is 3.31. The lowest BCUT2D eigenvalue weighted by molar-refractivity contribution is 0.110. The van der Waals surface area contributed by atoms with Crippen LogP contribution in [0.5, 0.6) is 0 Å². The molecule has 3 aromatic rings. The van der Waals surface area contributed by atoms with Gasteiger partial charge >= 0.3 is 0 Å². The average molecular weight is 395 g/mol. The first kappa shape index (κ1) is 19.3. The molecule has 4 rings (SSSR count). The predicted octanol–water partition coefficient (Wildman–Crippen LogP) is 2.12. The summed E-state index contributed by atoms with van der Waals surface area (Å²) < 4.78 is 16.0. The number of pyridine rings is 1. The summed E-state index contributed by atoms with van der Waals surface area (Å²) in [5.41, 5.74) is 6.76. The fraction of sp³-hybridized carbons (Fsp3) is 0.381. The zero-order valence-electron chi connectivity index (χ0n) is 15.9. The molecule has 0 spiro atoms. The minimum Gasteiger partial charge on any atom is -0.396 e. The first-order chi connectivity index (χ1) is 14.0. The minimum absolute atomic E-state index is 0.0299. The van der Waals surface area contributed by atoms with E-state index >= 15 is 0 Å². The zero-order valence-corrected chi connectivity index (χ0v) is 15.9. The maximum Gasteiger partial charge on any atom is 0.222 e. The molecule has 7 nitrogen and oxygen atoms in total. The Kier molecular flexibility index (Phi) is 5.18. The van der Waals surface area contributed by atoms with E-state index in [9.17, 15) is 14.6 Å². The summed E-state index contributed by atoms with van der Waals surface area (Å²) >= 11 is 0. The highest BCUT2D eigenvalue weighted by atomic mass is 19.1. The lowest BCUT2D eigenvalue weighted by Crippen LogP contribution is -2.20. The van der Waals surface area contributed by atoms with Crippen molar-refractivity contribution >= 4 is 16.9 Å². The highest BCUT2D eigenvalue weighted by molar-refractivity contribution is 5.85. The maximum absolute atomic E-state index is 14.4. The Morgan fingerprint density at radius 1 is 1.24 bits per heavy atom. The second-order valence-electron chi connectivity index (χ2n) is 7.33. The van der Waals surface area contributed by atoms with E-state index in [2.05, 4.69) is 26.8 Å². The Hall–Kier alpha value is -3.02. The number of anilines is 1. The van der Waals surface area contributed by atoms with Gasteiger partial charge in [-0.15, -0.1) is 0 Å². The maximum atomic E-state index is 14.4. The van der Waals surface area contributed by atoms with Crippen molar-refractivity contribution in [3.63, 3.8) is 0 Å². The highest BCUT2D eigenvalue weighted by Gasteiger charge is 2.28. The molecule has 3 heterocycles. The first-order valence-corrected chi connectivity index (χ1v) is 9.64. The van der Waals surface area contributed by atoms with Crippen LogP contribution in [-0.4, -0.2) is 41.9 Å². The molecule has 0 amide bonds. The molecular formula is C21H22FN5O2. The van der Waals surface area contributed by atoms with Crippen molar-refractivity contribution in [1.29, 1.82) is 0 Å². The number of nitrogens with two attached hydrogens (primary N) is 1. The highest BCUT2D eigenvalue weighted by Crippen LogP contribution is 2.29. The topological polar surface area (TPSA) is 110 Å². The third kappa shape index (κ3) is 3.92. The third-order valence-electron chi connectivity index (χ3n) is 5.20. The second kappa shape index (κ2) is 7.78. The molecule has 0 radical (unpaired) electrons. The quantitative estimate of drug-likeness (QED) is 0.584. The molecule has 1 saturated carbocycles. The number of aliphatic hydroxyl groups is 2. The summed E-state index contributed by atoms with van der Waals surface area (Å²) in [7, 11) is 0. The molecule has 0 atom stereocenters. The lowest BCUT2D eigenvalue weighted by atomic mass is 10.0. The van der Waals surface area contributed by atoms with Crippen molar-refractivity contribution < 1.29 is 14.6 Å². The Morgan fingerprint density at radius 3 is 2.79 bits per heavy atom. The third-order valence-corrected chi connectivity index (χ3v) is 5.20. The molecule has 4 N–H and O–H groups in total. The Labute approximate surface area is 167 Å². The molecule has 1 aliphatic carbocycles. The van der Waals surface area contributed by atoms with Crippen LogP contribution in [0.25, 0.3) is 16.7 Å². The van der Waals surface area contributed by atoms with Gasteiger partial charge < -0.3 is 15.9 Å². The van der Waals surface area contributed by atoms with Gasteiger partial charge in [0.15, 0.2) is 11.6 Å². The molecule has 0 aliphatic heterocycles. The Bertz CT molecular complexity index is 1110. The van der Waals surface area contributed by atoms with E-state index < -0.39 is 11.4 Å². The molecule has 0 unspecified atom stereocenters. The van der Waals surface area contributed by atoms with Crippen LogP contribution < -0.4 is 5.73 Å². The van der Waals surface area contributed by atoms with Crippen LogP contribution in [0.4, 0.5) is 10.3 Å². The number of rotatable bonds is 4. The molecule has 1 aliphatic rings. The van der Waals surface area contributed by atoms with E-state index in [-0.39, 0.29) is 18.4 Å². The van der Waals surface area contributed by atoms with Crippen LogP contribution in [-0.2, 0) is 6.42 Å². The molecule has 8 heteroatoms. The normalized spacial score (nSPS) is 15.4. The molecule has 0 bridgehead atoms. The number of aliphatic hydroxyl groups excluding tert-OH is 1. The van der Waals surface area contributed by atoms with Crippen molar-refractivity contribution in [2.45, 2.75) is 44.1 Å². The predicted molar refractivity (Wildman–Crippen MR) is 107 cm³/mol. The Morgan fingerprint density at radius 2 is 2.03 bits per heavy atom. The van der Waals surface area contributed by atoms with Gasteiger partial charge in [0.05, 0.1) is 11.7 Å². The monoisotopic (exact) mass is 395 g/mol. The summed E-state index contributed by atoms with van der Waals surface area (Å²) in [6.07, 6.45) is 8.92. The van der Waals surface area contributed by atoms with Gasteiger partial charge in [-0.05, 0) is 56.1 Å². The molecule has 0 saturated heterocycles. The fourth-order valence-electron chi connectivity index (χ4n) is 3.70. The number of halogens is 1. The number of nitrogen functional groups attached to an aromatic ring is 1. The summed E-state index contributed by atoms with van der Waals surface area (Å²) in [6.45, 7) is 0.0526. The SMILES string of the molecule is Nc1ncc(F)c(-n2cc(CCCO)c3cnc(C#CC4(O)CCCC4)cc32)n1. The van der Waals surface area contributed by atoms with Gasteiger partial charge in [-0.25, -0.2) is 14.4 Å². The largest absolute Gasteiger partial charge is 0.396 e. The smallest absolute Gasteiger partial charge is 0.222 e. The van der Waals surface area contributed by atoms with E-state index in [0.717, 1.165) is 30.0 Å². The van der Waals surface area contributed by atoms with Crippen LogP contribution in [0.1, 0.15) is 43.4 Å². The van der Waals surface area contributed by atoms with E-state index in [0.29, 0.717) is 36.9 Å². The number of nitrogens with zero attached hydrogens (tertiary/aromatic N) is 4. The number of hydrogen-bond acceptors (Lipinski definition) is 6.